The van der Waals surface area contributed by atoms with Gasteiger partial charge >= 0.3 is 0 Å². The lowest BCUT2D eigenvalue weighted by Gasteiger charge is -2.06. The van der Waals surface area contributed by atoms with Crippen molar-refractivity contribution in [1.29, 1.82) is 0 Å². The highest BCUT2D eigenvalue weighted by Gasteiger charge is 2.26. The second kappa shape index (κ2) is 3.79. The van der Waals surface area contributed by atoms with Crippen molar-refractivity contribution in [3.63, 3.8) is 0 Å². The smallest absolute Gasteiger partial charge is 0.178 e. The predicted octanol–water partition coefficient (Wildman–Crippen LogP) is 2.59. The average molecular weight is 211 g/mol. The molecule has 3 nitrogen and oxygen atoms in total. The van der Waals surface area contributed by atoms with Crippen molar-refractivity contribution < 1.29 is 9.53 Å². The van der Waals surface area contributed by atoms with Crippen molar-refractivity contribution >= 4 is 17.1 Å². The molecule has 2 rings (SSSR count). The zero-order valence-corrected chi connectivity index (χ0v) is 9.13. The summed E-state index contributed by atoms with van der Waals surface area (Å²) in [6.45, 7) is 3.61. The number of carbonyl (C=O) groups excluding carboxylic acids is 1. The fourth-order valence-corrected chi connectivity index (χ4v) is 2.51. The number of thiazole rings is 1. The molecule has 0 N–H and O–H groups in total. The summed E-state index contributed by atoms with van der Waals surface area (Å²) in [5.41, 5.74) is 0.563. The lowest BCUT2D eigenvalue weighted by Crippen LogP contribution is -2.01. The van der Waals surface area contributed by atoms with Crippen LogP contribution in [0, 0.1) is 0 Å². The van der Waals surface area contributed by atoms with Crippen LogP contribution < -0.4 is 0 Å². The maximum absolute atomic E-state index is 11.0. The molecule has 1 aliphatic heterocycles. The van der Waals surface area contributed by atoms with Gasteiger partial charge in [0.05, 0.1) is 6.10 Å². The quantitative estimate of drug-likeness (QED) is 0.706. The van der Waals surface area contributed by atoms with Gasteiger partial charge in [0.1, 0.15) is 16.8 Å². The van der Waals surface area contributed by atoms with Crippen LogP contribution in [0.2, 0.25) is 0 Å². The van der Waals surface area contributed by atoms with E-state index in [9.17, 15) is 4.79 Å². The third kappa shape index (κ3) is 1.86. The third-order valence-electron chi connectivity index (χ3n) is 2.39. The second-order valence-corrected chi connectivity index (χ2v) is 4.53. The summed E-state index contributed by atoms with van der Waals surface area (Å²) in [6.07, 6.45) is 2.54. The standard InChI is InChI=1S/C10H13NO2S/c1-6-3-4-9(13-6)10-11-8(5-14-10)7(2)12/h5-6,9H,3-4H2,1-2H3. The SMILES string of the molecule is CC(=O)c1csc(C2CCC(C)O2)n1. The molecule has 0 aliphatic carbocycles. The molecule has 0 aromatic carbocycles. The Morgan fingerprint density at radius 1 is 1.64 bits per heavy atom. The number of nitrogens with zero attached hydrogens (tertiary/aromatic N) is 1. The van der Waals surface area contributed by atoms with E-state index in [1.165, 1.54) is 18.3 Å². The molecule has 4 heteroatoms. The summed E-state index contributed by atoms with van der Waals surface area (Å²) in [6, 6.07) is 0. The van der Waals surface area contributed by atoms with Gasteiger partial charge in [0.2, 0.25) is 0 Å². The van der Waals surface area contributed by atoms with E-state index in [-0.39, 0.29) is 11.9 Å². The molecule has 0 radical (unpaired) electrons. The van der Waals surface area contributed by atoms with Gasteiger partial charge in [-0.15, -0.1) is 11.3 Å². The van der Waals surface area contributed by atoms with Gasteiger partial charge in [0, 0.05) is 12.3 Å². The average Bonchev–Trinajstić information content (AvgIpc) is 2.70. The first kappa shape index (κ1) is 9.80. The molecular formula is C10H13NO2S. The number of rotatable bonds is 2. The lowest BCUT2D eigenvalue weighted by molar-refractivity contribution is 0.0553. The molecule has 1 aromatic rings. The minimum absolute atomic E-state index is 0.0264. The first-order valence-corrected chi connectivity index (χ1v) is 5.66. The minimum atomic E-state index is 0.0264. The van der Waals surface area contributed by atoms with E-state index < -0.39 is 0 Å². The molecule has 0 saturated carbocycles. The van der Waals surface area contributed by atoms with Gasteiger partial charge in [0.25, 0.3) is 0 Å². The normalized spacial score (nSPS) is 26.7. The summed E-state index contributed by atoms with van der Waals surface area (Å²) in [5, 5.41) is 2.75. The molecule has 2 atom stereocenters. The molecule has 1 aromatic heterocycles. The largest absolute Gasteiger partial charge is 0.368 e. The number of carbonyl (C=O) groups is 1. The second-order valence-electron chi connectivity index (χ2n) is 3.64. The molecule has 1 saturated heterocycles. The van der Waals surface area contributed by atoms with Crippen LogP contribution >= 0.6 is 11.3 Å². The topological polar surface area (TPSA) is 39.2 Å². The van der Waals surface area contributed by atoms with Crippen LogP contribution in [0.4, 0.5) is 0 Å². The Balaban J connectivity index is 2.13. The fourth-order valence-electron chi connectivity index (χ4n) is 1.58. The highest BCUT2D eigenvalue weighted by molar-refractivity contribution is 7.09. The van der Waals surface area contributed by atoms with Crippen LogP contribution in [0.1, 0.15) is 48.3 Å². The van der Waals surface area contributed by atoms with Gasteiger partial charge in [-0.05, 0) is 19.8 Å². The number of hydrogen-bond acceptors (Lipinski definition) is 4. The van der Waals surface area contributed by atoms with Crippen molar-refractivity contribution in [2.45, 2.75) is 38.9 Å². The third-order valence-corrected chi connectivity index (χ3v) is 3.33. The molecule has 0 spiro atoms. The van der Waals surface area contributed by atoms with Gasteiger partial charge in [-0.1, -0.05) is 0 Å². The maximum Gasteiger partial charge on any atom is 0.178 e. The molecule has 1 fully saturated rings. The first-order chi connectivity index (χ1) is 6.66. The first-order valence-electron chi connectivity index (χ1n) is 4.78. The van der Waals surface area contributed by atoms with Gasteiger partial charge < -0.3 is 4.74 Å². The van der Waals surface area contributed by atoms with Crippen LogP contribution in [0.15, 0.2) is 5.38 Å². The Kier molecular flexibility index (Phi) is 2.65. The number of aromatic nitrogens is 1. The van der Waals surface area contributed by atoms with Gasteiger partial charge in [-0.3, -0.25) is 4.79 Å². The number of ether oxygens (including phenoxy) is 1. The number of ketones is 1. The van der Waals surface area contributed by atoms with Crippen molar-refractivity contribution in [1.82, 2.24) is 4.98 Å². The minimum Gasteiger partial charge on any atom is -0.368 e. The summed E-state index contributed by atoms with van der Waals surface area (Å²) in [5.74, 6) is 0.0264. The lowest BCUT2D eigenvalue weighted by atomic mass is 10.2. The van der Waals surface area contributed by atoms with Crippen LogP contribution in [0.3, 0.4) is 0 Å². The van der Waals surface area contributed by atoms with Gasteiger partial charge in [0.15, 0.2) is 5.78 Å². The maximum atomic E-state index is 11.0. The molecular weight excluding hydrogens is 198 g/mol. The van der Waals surface area contributed by atoms with Crippen molar-refractivity contribution in [3.8, 4) is 0 Å². The van der Waals surface area contributed by atoms with E-state index in [0.29, 0.717) is 11.8 Å². The Bertz CT molecular complexity index is 348. The van der Waals surface area contributed by atoms with E-state index in [0.717, 1.165) is 17.8 Å². The summed E-state index contributed by atoms with van der Waals surface area (Å²) in [7, 11) is 0. The molecule has 2 unspecified atom stereocenters. The van der Waals surface area contributed by atoms with E-state index in [1.807, 2.05) is 5.38 Å². The summed E-state index contributed by atoms with van der Waals surface area (Å²) in [4.78, 5) is 15.3. The van der Waals surface area contributed by atoms with Crippen LogP contribution in [-0.2, 0) is 4.74 Å². The molecule has 1 aliphatic rings. The summed E-state index contributed by atoms with van der Waals surface area (Å²) < 4.78 is 5.68. The molecule has 0 bridgehead atoms. The van der Waals surface area contributed by atoms with Crippen molar-refractivity contribution in [2.75, 3.05) is 0 Å². The van der Waals surface area contributed by atoms with Crippen LogP contribution in [-0.4, -0.2) is 16.9 Å². The van der Waals surface area contributed by atoms with E-state index in [4.69, 9.17) is 4.74 Å². The van der Waals surface area contributed by atoms with Crippen LogP contribution in [0.5, 0.6) is 0 Å². The predicted molar refractivity (Wildman–Crippen MR) is 54.6 cm³/mol. The molecule has 0 amide bonds. The monoisotopic (exact) mass is 211 g/mol. The zero-order chi connectivity index (χ0) is 10.1. The van der Waals surface area contributed by atoms with Gasteiger partial charge in [-0.25, -0.2) is 4.98 Å². The number of Topliss-reactive ketones (excluding diaryl/α,β-unsaturated/α-hetero) is 1. The number of hydrogen-bond donors (Lipinski definition) is 0. The Morgan fingerprint density at radius 2 is 2.43 bits per heavy atom. The Labute approximate surface area is 87.1 Å². The van der Waals surface area contributed by atoms with Crippen molar-refractivity contribution in [3.05, 3.63) is 16.1 Å². The van der Waals surface area contributed by atoms with Gasteiger partial charge in [-0.2, -0.15) is 0 Å². The highest BCUT2D eigenvalue weighted by atomic mass is 32.1. The Hall–Kier alpha value is -0.740. The summed E-state index contributed by atoms with van der Waals surface area (Å²) >= 11 is 1.52. The van der Waals surface area contributed by atoms with Crippen LogP contribution in [0.25, 0.3) is 0 Å². The fraction of sp³-hybridized carbons (Fsp3) is 0.600. The highest BCUT2D eigenvalue weighted by Crippen LogP contribution is 2.33. The van der Waals surface area contributed by atoms with Crippen molar-refractivity contribution in [2.24, 2.45) is 0 Å². The molecule has 2 heterocycles. The zero-order valence-electron chi connectivity index (χ0n) is 8.32. The van der Waals surface area contributed by atoms with E-state index in [2.05, 4.69) is 11.9 Å². The van der Waals surface area contributed by atoms with E-state index in [1.54, 1.807) is 0 Å². The molecule has 14 heavy (non-hydrogen) atoms. The molecule has 76 valence electrons. The van der Waals surface area contributed by atoms with E-state index >= 15 is 0 Å². The Morgan fingerprint density at radius 3 is 2.93 bits per heavy atom.